The van der Waals surface area contributed by atoms with E-state index in [1.807, 2.05) is 30.3 Å². The third-order valence-electron chi connectivity index (χ3n) is 7.22. The van der Waals surface area contributed by atoms with E-state index in [4.69, 9.17) is 4.74 Å². The van der Waals surface area contributed by atoms with Crippen molar-refractivity contribution in [1.29, 1.82) is 0 Å². The van der Waals surface area contributed by atoms with Gasteiger partial charge < -0.3 is 10.1 Å². The molecule has 1 saturated heterocycles. The summed E-state index contributed by atoms with van der Waals surface area (Å²) in [6.45, 7) is 5.31. The summed E-state index contributed by atoms with van der Waals surface area (Å²) in [6, 6.07) is 10.6. The van der Waals surface area contributed by atoms with Crippen LogP contribution in [0.15, 0.2) is 53.5 Å². The van der Waals surface area contributed by atoms with Gasteiger partial charge >= 0.3 is 12.4 Å². The summed E-state index contributed by atoms with van der Waals surface area (Å²) in [4.78, 5) is 18.6. The zero-order valence-electron chi connectivity index (χ0n) is 21.2. The van der Waals surface area contributed by atoms with Gasteiger partial charge in [-0.25, -0.2) is 0 Å². The van der Waals surface area contributed by atoms with Gasteiger partial charge in [-0.15, -0.1) is 0 Å². The number of benzene rings is 2. The van der Waals surface area contributed by atoms with Crippen molar-refractivity contribution in [3.05, 3.63) is 70.8 Å². The second kappa shape index (κ2) is 10.00. The molecule has 2 aromatic carbocycles. The molecule has 0 aromatic heterocycles. The lowest BCUT2D eigenvalue weighted by molar-refractivity contribution is -0.143. The number of alkyl halides is 6. The number of amides is 1. The van der Waals surface area contributed by atoms with Crippen LogP contribution in [0.3, 0.4) is 0 Å². The smallest absolute Gasteiger partial charge is 0.372 e. The number of carbonyl (C=O) groups is 1. The van der Waals surface area contributed by atoms with Gasteiger partial charge in [0, 0.05) is 6.54 Å². The summed E-state index contributed by atoms with van der Waals surface area (Å²) in [5.74, 6) is -0.105. The summed E-state index contributed by atoms with van der Waals surface area (Å²) in [6.07, 6.45) is -8.27. The first-order chi connectivity index (χ1) is 17.6. The number of halogens is 6. The Balaban J connectivity index is 1.55. The van der Waals surface area contributed by atoms with E-state index in [1.54, 1.807) is 25.1 Å². The molecular weight excluding hydrogens is 512 g/mol. The van der Waals surface area contributed by atoms with Crippen LogP contribution < -0.4 is 5.32 Å². The van der Waals surface area contributed by atoms with Crippen LogP contribution in [0.5, 0.6) is 0 Å². The SMILES string of the molecule is C[C@@H](OC[C@@]1(c2ccccc2)CC[C@H](N2C=NC(C)(C)C2=O)CN1)c1cc(C(F)(F)F)cc(C(F)(F)F)c1. The van der Waals surface area contributed by atoms with Gasteiger partial charge in [0.25, 0.3) is 5.91 Å². The highest BCUT2D eigenvalue weighted by Crippen LogP contribution is 2.39. The van der Waals surface area contributed by atoms with Crippen molar-refractivity contribution < 1.29 is 35.9 Å². The van der Waals surface area contributed by atoms with Crippen LogP contribution in [0.1, 0.15) is 62.0 Å². The molecule has 0 aliphatic carbocycles. The van der Waals surface area contributed by atoms with Gasteiger partial charge in [-0.05, 0) is 62.9 Å². The van der Waals surface area contributed by atoms with Crippen LogP contribution in [0.4, 0.5) is 26.3 Å². The molecule has 38 heavy (non-hydrogen) atoms. The quantitative estimate of drug-likeness (QED) is 0.450. The van der Waals surface area contributed by atoms with Crippen molar-refractivity contribution in [2.24, 2.45) is 4.99 Å². The van der Waals surface area contributed by atoms with Gasteiger partial charge in [-0.2, -0.15) is 26.3 Å². The molecule has 1 N–H and O–H groups in total. The average molecular weight is 542 g/mol. The Bertz CT molecular complexity index is 1150. The molecule has 2 aromatic rings. The Morgan fingerprint density at radius 1 is 1.05 bits per heavy atom. The van der Waals surface area contributed by atoms with Crippen LogP contribution in [-0.2, 0) is 27.4 Å². The van der Waals surface area contributed by atoms with E-state index in [0.29, 0.717) is 31.5 Å². The average Bonchev–Trinajstić information content (AvgIpc) is 3.14. The third kappa shape index (κ3) is 5.73. The van der Waals surface area contributed by atoms with E-state index < -0.39 is 40.7 Å². The second-order valence-electron chi connectivity index (χ2n) is 10.3. The first-order valence-electron chi connectivity index (χ1n) is 12.2. The number of hydrogen-bond donors (Lipinski definition) is 1. The monoisotopic (exact) mass is 541 g/mol. The molecule has 1 amide bonds. The van der Waals surface area contributed by atoms with Gasteiger partial charge in [-0.1, -0.05) is 30.3 Å². The molecule has 0 unspecified atom stereocenters. The Morgan fingerprint density at radius 2 is 1.66 bits per heavy atom. The van der Waals surface area contributed by atoms with E-state index >= 15 is 0 Å². The van der Waals surface area contributed by atoms with Crippen LogP contribution in [0, 0.1) is 0 Å². The van der Waals surface area contributed by atoms with Crippen molar-refractivity contribution in [3.63, 3.8) is 0 Å². The van der Waals surface area contributed by atoms with Crippen LogP contribution in [0.2, 0.25) is 0 Å². The molecule has 0 spiro atoms. The molecule has 0 saturated carbocycles. The fraction of sp³-hybridized carbons (Fsp3) is 0.481. The summed E-state index contributed by atoms with van der Waals surface area (Å²) < 4.78 is 86.0. The topological polar surface area (TPSA) is 53.9 Å². The zero-order valence-corrected chi connectivity index (χ0v) is 21.2. The van der Waals surface area contributed by atoms with E-state index in [2.05, 4.69) is 10.3 Å². The molecule has 5 nitrogen and oxygen atoms in total. The number of aliphatic imine (C=N–C) groups is 1. The Labute approximate surface area is 216 Å². The molecular formula is C27H29F6N3O2. The van der Waals surface area contributed by atoms with Crippen molar-refractivity contribution in [1.82, 2.24) is 10.2 Å². The lowest BCUT2D eigenvalue weighted by Crippen LogP contribution is -2.58. The van der Waals surface area contributed by atoms with Gasteiger partial charge in [0.05, 0.1) is 41.8 Å². The Morgan fingerprint density at radius 3 is 2.13 bits per heavy atom. The minimum absolute atomic E-state index is 0.00394. The molecule has 0 radical (unpaired) electrons. The summed E-state index contributed by atoms with van der Waals surface area (Å²) >= 11 is 0. The minimum Gasteiger partial charge on any atom is -0.372 e. The molecule has 2 heterocycles. The van der Waals surface area contributed by atoms with E-state index in [9.17, 15) is 31.1 Å². The van der Waals surface area contributed by atoms with Crippen LogP contribution >= 0.6 is 0 Å². The van der Waals surface area contributed by atoms with E-state index in [-0.39, 0.29) is 30.2 Å². The van der Waals surface area contributed by atoms with Gasteiger partial charge in [0.2, 0.25) is 0 Å². The second-order valence-corrected chi connectivity index (χ2v) is 10.3. The number of nitrogens with one attached hydrogen (secondary N) is 1. The molecule has 0 bridgehead atoms. The Kier molecular flexibility index (Phi) is 7.39. The van der Waals surface area contributed by atoms with E-state index in [1.165, 1.54) is 6.92 Å². The number of piperidine rings is 1. The van der Waals surface area contributed by atoms with Crippen molar-refractivity contribution in [2.45, 2.75) is 69.2 Å². The maximum atomic E-state index is 13.3. The predicted molar refractivity (Wildman–Crippen MR) is 129 cm³/mol. The van der Waals surface area contributed by atoms with E-state index in [0.717, 1.165) is 5.56 Å². The minimum atomic E-state index is -4.94. The van der Waals surface area contributed by atoms with Crippen molar-refractivity contribution in [3.8, 4) is 0 Å². The molecule has 1 fully saturated rings. The number of hydrogen-bond acceptors (Lipinski definition) is 4. The third-order valence-corrected chi connectivity index (χ3v) is 7.22. The Hall–Kier alpha value is -2.92. The summed E-state index contributed by atoms with van der Waals surface area (Å²) in [5.41, 5.74) is -3.69. The maximum absolute atomic E-state index is 13.3. The number of rotatable bonds is 6. The highest BCUT2D eigenvalue weighted by Gasteiger charge is 2.44. The number of nitrogens with zero attached hydrogens (tertiary/aromatic N) is 2. The highest BCUT2D eigenvalue weighted by atomic mass is 19.4. The highest BCUT2D eigenvalue weighted by molar-refractivity contribution is 5.99. The number of carbonyl (C=O) groups excluding carboxylic acids is 1. The first kappa shape index (κ1) is 28.1. The molecule has 3 atom stereocenters. The van der Waals surface area contributed by atoms with Gasteiger partial charge in [0.15, 0.2) is 0 Å². The standard InChI is InChI=1S/C27H29F6N3O2/c1-17(18-11-20(26(28,29)30)13-21(12-18)27(31,32)33)38-15-25(19-7-5-4-6-8-19)10-9-22(14-34-25)36-16-35-24(2,3)23(36)37/h4-8,11-13,16-17,22,34H,9-10,14-15H2,1-3H3/t17-,22+,25-/m1/s1. The fourth-order valence-electron chi connectivity index (χ4n) is 4.83. The zero-order chi connectivity index (χ0) is 27.9. The maximum Gasteiger partial charge on any atom is 0.416 e. The van der Waals surface area contributed by atoms with Gasteiger partial charge in [-0.3, -0.25) is 14.7 Å². The largest absolute Gasteiger partial charge is 0.416 e. The molecule has 2 aliphatic rings. The predicted octanol–water partition coefficient (Wildman–Crippen LogP) is 6.10. The van der Waals surface area contributed by atoms with Crippen molar-refractivity contribution >= 4 is 12.2 Å². The van der Waals surface area contributed by atoms with Crippen LogP contribution in [0.25, 0.3) is 0 Å². The molecule has 11 heteroatoms. The van der Waals surface area contributed by atoms with Crippen LogP contribution in [-0.4, -0.2) is 41.9 Å². The molecule has 2 aliphatic heterocycles. The molecule has 206 valence electrons. The van der Waals surface area contributed by atoms with Crippen molar-refractivity contribution in [2.75, 3.05) is 13.2 Å². The summed E-state index contributed by atoms with van der Waals surface area (Å²) in [7, 11) is 0. The van der Waals surface area contributed by atoms with Gasteiger partial charge in [0.1, 0.15) is 5.54 Å². The lowest BCUT2D eigenvalue weighted by Gasteiger charge is -2.44. The normalized spacial score (nSPS) is 24.6. The number of ether oxygens (including phenoxy) is 1. The lowest BCUT2D eigenvalue weighted by atomic mass is 9.81. The first-order valence-corrected chi connectivity index (χ1v) is 12.2. The molecule has 4 rings (SSSR count). The summed E-state index contributed by atoms with van der Waals surface area (Å²) in [5, 5.41) is 3.46. The fourth-order valence-corrected chi connectivity index (χ4v) is 4.83.